The van der Waals surface area contributed by atoms with Crippen LogP contribution in [0.3, 0.4) is 0 Å². The molecule has 2 amide bonds. The summed E-state index contributed by atoms with van der Waals surface area (Å²) in [6.45, 7) is 3.09. The summed E-state index contributed by atoms with van der Waals surface area (Å²) in [6.07, 6.45) is 4.53. The molecule has 0 saturated carbocycles. The first-order valence-electron chi connectivity index (χ1n) is 12.0. The molecule has 1 fully saturated rings. The molecule has 0 spiro atoms. The van der Waals surface area contributed by atoms with E-state index in [0.717, 1.165) is 29.1 Å². The lowest BCUT2D eigenvalue weighted by molar-refractivity contribution is -0.128. The molecule has 1 N–H and O–H groups in total. The van der Waals surface area contributed by atoms with Gasteiger partial charge in [-0.05, 0) is 54.3 Å². The van der Waals surface area contributed by atoms with Gasteiger partial charge in [-0.1, -0.05) is 54.6 Å². The standard InChI is InChI=1S/C29H28N4O2S/c1-21-30-16-18-32(21)26-13-7-23(8-14-26)19-31-28(35)24-9-11-25(12-10-24)29-33(27(34)20-36-29)17-15-22-5-3-2-4-6-22/h2-14,16,18,29H,15,17,19-20H2,1H3,(H,31,35)/t29-/m0/s1. The van der Waals surface area contributed by atoms with Gasteiger partial charge in [0.25, 0.3) is 5.91 Å². The molecule has 3 aromatic carbocycles. The number of aryl methyl sites for hydroxylation is 1. The van der Waals surface area contributed by atoms with Crippen LogP contribution in [0.4, 0.5) is 0 Å². The minimum Gasteiger partial charge on any atom is -0.348 e. The molecule has 0 aliphatic carbocycles. The van der Waals surface area contributed by atoms with Crippen LogP contribution in [0.25, 0.3) is 5.69 Å². The Morgan fingerprint density at radius 2 is 1.75 bits per heavy atom. The predicted octanol–water partition coefficient (Wildman–Crippen LogP) is 4.93. The smallest absolute Gasteiger partial charge is 0.251 e. The van der Waals surface area contributed by atoms with Gasteiger partial charge in [-0.3, -0.25) is 9.59 Å². The summed E-state index contributed by atoms with van der Waals surface area (Å²) < 4.78 is 2.02. The number of benzene rings is 3. The monoisotopic (exact) mass is 496 g/mol. The van der Waals surface area contributed by atoms with Gasteiger partial charge in [0, 0.05) is 36.7 Å². The van der Waals surface area contributed by atoms with Crippen molar-refractivity contribution in [2.75, 3.05) is 12.3 Å². The van der Waals surface area contributed by atoms with E-state index in [9.17, 15) is 9.59 Å². The number of rotatable bonds is 8. The lowest BCUT2D eigenvalue weighted by atomic mass is 10.1. The van der Waals surface area contributed by atoms with Crippen molar-refractivity contribution in [3.05, 3.63) is 119 Å². The first-order chi connectivity index (χ1) is 17.6. The van der Waals surface area contributed by atoms with Crippen molar-refractivity contribution in [3.8, 4) is 5.69 Å². The summed E-state index contributed by atoms with van der Waals surface area (Å²) in [5.41, 5.74) is 4.93. The Bertz CT molecular complexity index is 1330. The number of aromatic nitrogens is 2. The average Bonchev–Trinajstić information content (AvgIpc) is 3.52. The zero-order chi connectivity index (χ0) is 24.9. The van der Waals surface area contributed by atoms with E-state index >= 15 is 0 Å². The molecule has 4 aromatic rings. The number of thioether (sulfide) groups is 1. The SMILES string of the molecule is Cc1nccn1-c1ccc(CNC(=O)c2ccc([C@@H]3SCC(=O)N3CCc3ccccc3)cc2)cc1. The lowest BCUT2D eigenvalue weighted by Gasteiger charge is -2.24. The first kappa shape index (κ1) is 23.9. The fourth-order valence-electron chi connectivity index (χ4n) is 4.38. The van der Waals surface area contributed by atoms with Crippen molar-refractivity contribution < 1.29 is 9.59 Å². The number of amides is 2. The molecule has 6 nitrogen and oxygen atoms in total. The summed E-state index contributed by atoms with van der Waals surface area (Å²) in [6, 6.07) is 25.9. The third-order valence-corrected chi connectivity index (χ3v) is 7.66. The zero-order valence-corrected chi connectivity index (χ0v) is 20.9. The van der Waals surface area contributed by atoms with Crippen molar-refractivity contribution in [2.45, 2.75) is 25.3 Å². The Kier molecular flexibility index (Phi) is 7.18. The van der Waals surface area contributed by atoms with E-state index in [0.29, 0.717) is 24.4 Å². The molecule has 2 heterocycles. The van der Waals surface area contributed by atoms with Gasteiger partial charge in [-0.2, -0.15) is 0 Å². The Morgan fingerprint density at radius 1 is 1.00 bits per heavy atom. The normalized spacial score (nSPS) is 15.3. The van der Waals surface area contributed by atoms with Gasteiger partial charge in [-0.25, -0.2) is 4.98 Å². The number of imidazole rings is 1. The second kappa shape index (κ2) is 10.8. The molecule has 7 heteroatoms. The van der Waals surface area contributed by atoms with Gasteiger partial charge in [0.15, 0.2) is 0 Å². The van der Waals surface area contributed by atoms with Crippen molar-refractivity contribution in [2.24, 2.45) is 0 Å². The maximum Gasteiger partial charge on any atom is 0.251 e. The molecule has 36 heavy (non-hydrogen) atoms. The van der Waals surface area contributed by atoms with Gasteiger partial charge in [-0.15, -0.1) is 11.8 Å². The highest BCUT2D eigenvalue weighted by Gasteiger charge is 2.32. The second-order valence-corrected chi connectivity index (χ2v) is 9.87. The summed E-state index contributed by atoms with van der Waals surface area (Å²) in [5, 5.41) is 2.98. The highest BCUT2D eigenvalue weighted by molar-refractivity contribution is 8.00. The third-order valence-electron chi connectivity index (χ3n) is 6.40. The summed E-state index contributed by atoms with van der Waals surface area (Å²) >= 11 is 1.64. The molecule has 1 aliphatic rings. The van der Waals surface area contributed by atoms with Crippen LogP contribution in [0.1, 0.15) is 38.2 Å². The summed E-state index contributed by atoms with van der Waals surface area (Å²) in [7, 11) is 0. The van der Waals surface area contributed by atoms with Gasteiger partial charge in [0.2, 0.25) is 5.91 Å². The number of carbonyl (C=O) groups excluding carboxylic acids is 2. The van der Waals surface area contributed by atoms with Gasteiger partial charge in [0.1, 0.15) is 11.2 Å². The van der Waals surface area contributed by atoms with Crippen LogP contribution in [0.5, 0.6) is 0 Å². The minimum absolute atomic E-state index is 0.0176. The molecule has 0 unspecified atom stereocenters. The Balaban J connectivity index is 1.18. The van der Waals surface area contributed by atoms with Crippen LogP contribution in [0.15, 0.2) is 91.3 Å². The van der Waals surface area contributed by atoms with Crippen molar-refractivity contribution in [1.82, 2.24) is 19.8 Å². The zero-order valence-electron chi connectivity index (χ0n) is 20.1. The van der Waals surface area contributed by atoms with Gasteiger partial charge in [0.05, 0.1) is 5.75 Å². The van der Waals surface area contributed by atoms with Gasteiger partial charge >= 0.3 is 0 Å². The van der Waals surface area contributed by atoms with E-state index in [-0.39, 0.29) is 17.2 Å². The van der Waals surface area contributed by atoms with Crippen LogP contribution in [0, 0.1) is 6.92 Å². The van der Waals surface area contributed by atoms with E-state index in [1.807, 2.05) is 89.3 Å². The van der Waals surface area contributed by atoms with Crippen molar-refractivity contribution in [3.63, 3.8) is 0 Å². The number of nitrogens with one attached hydrogen (secondary N) is 1. The molecule has 5 rings (SSSR count). The van der Waals surface area contributed by atoms with Crippen molar-refractivity contribution >= 4 is 23.6 Å². The Hall–Kier alpha value is -3.84. The van der Waals surface area contributed by atoms with Crippen LogP contribution >= 0.6 is 11.8 Å². The van der Waals surface area contributed by atoms with E-state index < -0.39 is 0 Å². The molecule has 1 aromatic heterocycles. The molecule has 1 atom stereocenters. The highest BCUT2D eigenvalue weighted by Crippen LogP contribution is 2.38. The summed E-state index contributed by atoms with van der Waals surface area (Å²) in [5.74, 6) is 1.46. The molecular formula is C29H28N4O2S. The number of hydrogen-bond donors (Lipinski definition) is 1. The molecule has 182 valence electrons. The molecule has 0 radical (unpaired) electrons. The van der Waals surface area contributed by atoms with Crippen LogP contribution in [-0.2, 0) is 17.8 Å². The van der Waals surface area contributed by atoms with E-state index in [2.05, 4.69) is 22.4 Å². The van der Waals surface area contributed by atoms with Crippen LogP contribution < -0.4 is 5.32 Å². The molecular weight excluding hydrogens is 468 g/mol. The second-order valence-electron chi connectivity index (χ2n) is 8.80. The number of carbonyl (C=O) groups is 2. The largest absolute Gasteiger partial charge is 0.348 e. The summed E-state index contributed by atoms with van der Waals surface area (Å²) in [4.78, 5) is 31.4. The fourth-order valence-corrected chi connectivity index (χ4v) is 5.59. The minimum atomic E-state index is -0.118. The fraction of sp³-hybridized carbons (Fsp3) is 0.207. The van der Waals surface area contributed by atoms with Crippen LogP contribution in [-0.4, -0.2) is 38.6 Å². The lowest BCUT2D eigenvalue weighted by Crippen LogP contribution is -2.30. The number of hydrogen-bond acceptors (Lipinski definition) is 4. The molecule has 1 saturated heterocycles. The highest BCUT2D eigenvalue weighted by atomic mass is 32.2. The first-order valence-corrected chi connectivity index (χ1v) is 13.1. The maximum absolute atomic E-state index is 12.7. The van der Waals surface area contributed by atoms with E-state index in [1.165, 1.54) is 5.56 Å². The molecule has 0 bridgehead atoms. The van der Waals surface area contributed by atoms with Gasteiger partial charge < -0.3 is 14.8 Å². The quantitative estimate of drug-likeness (QED) is 0.376. The van der Waals surface area contributed by atoms with E-state index in [1.54, 1.807) is 18.0 Å². The number of nitrogens with zero attached hydrogens (tertiary/aromatic N) is 3. The third kappa shape index (κ3) is 5.36. The topological polar surface area (TPSA) is 67.2 Å². The molecule has 1 aliphatic heterocycles. The predicted molar refractivity (Wildman–Crippen MR) is 143 cm³/mol. The van der Waals surface area contributed by atoms with Crippen molar-refractivity contribution in [1.29, 1.82) is 0 Å². The van der Waals surface area contributed by atoms with E-state index in [4.69, 9.17) is 0 Å². The Labute approximate surface area is 215 Å². The maximum atomic E-state index is 12.7. The Morgan fingerprint density at radius 3 is 2.44 bits per heavy atom. The average molecular weight is 497 g/mol. The van der Waals surface area contributed by atoms with Crippen LogP contribution in [0.2, 0.25) is 0 Å².